The van der Waals surface area contributed by atoms with Gasteiger partial charge in [-0.25, -0.2) is 0 Å². The predicted molar refractivity (Wildman–Crippen MR) is 159 cm³/mol. The molecule has 7 aromatic rings. The summed E-state index contributed by atoms with van der Waals surface area (Å²) >= 11 is 12.8. The fourth-order valence-electron chi connectivity index (χ4n) is 5.26. The zero-order valence-electron chi connectivity index (χ0n) is 21.1. The second-order valence-electron chi connectivity index (χ2n) is 9.64. The fraction of sp³-hybridized carbons (Fsp3) is 0.0323. The molecule has 0 saturated heterocycles. The van der Waals surface area contributed by atoms with Gasteiger partial charge >= 0.3 is 0 Å². The Morgan fingerprint density at radius 1 is 0.732 bits per heavy atom. The first-order valence-corrected chi connectivity index (χ1v) is 13.4. The summed E-state index contributed by atoms with van der Waals surface area (Å²) in [5.41, 5.74) is 6.31. The van der Waals surface area contributed by atoms with Crippen LogP contribution in [0.2, 0.25) is 10.0 Å². The minimum absolute atomic E-state index is 0.0465. The van der Waals surface area contributed by atoms with Crippen LogP contribution in [0.5, 0.6) is 0 Å². The topological polar surface area (TPSA) is 114 Å². The highest BCUT2D eigenvalue weighted by molar-refractivity contribution is 6.31. The number of halogens is 2. The number of hydrogen-bond acceptors (Lipinski definition) is 5. The number of aromatic amines is 2. The lowest BCUT2D eigenvalue weighted by atomic mass is 9.84. The van der Waals surface area contributed by atoms with E-state index in [0.29, 0.717) is 21.5 Å². The number of nitrogens with zero attached hydrogens (tertiary/aromatic N) is 3. The number of nitro groups is 1. The third-order valence-electron chi connectivity index (χ3n) is 7.19. The second kappa shape index (κ2) is 9.92. The Morgan fingerprint density at radius 2 is 1.32 bits per heavy atom. The van der Waals surface area contributed by atoms with Crippen molar-refractivity contribution in [1.82, 2.24) is 20.2 Å². The molecule has 0 aliphatic carbocycles. The largest absolute Gasteiger partial charge is 0.416 e. The Bertz CT molecular complexity index is 2000. The summed E-state index contributed by atoms with van der Waals surface area (Å²) in [4.78, 5) is 17.5. The van der Waals surface area contributed by atoms with Crippen LogP contribution in [0.25, 0.3) is 44.7 Å². The maximum atomic E-state index is 11.2. The smallest absolute Gasteiger partial charge is 0.270 e. The summed E-state index contributed by atoms with van der Waals surface area (Å²) < 4.78 is 5.89. The van der Waals surface area contributed by atoms with Gasteiger partial charge in [-0.3, -0.25) is 10.1 Å². The molecule has 8 nitrogen and oxygen atoms in total. The zero-order chi connectivity index (χ0) is 28.1. The molecule has 0 radical (unpaired) electrons. The van der Waals surface area contributed by atoms with Gasteiger partial charge in [0.25, 0.3) is 5.69 Å². The van der Waals surface area contributed by atoms with E-state index in [2.05, 4.69) is 20.2 Å². The van der Waals surface area contributed by atoms with Crippen molar-refractivity contribution in [2.24, 2.45) is 0 Å². The molecule has 41 heavy (non-hydrogen) atoms. The number of benzene rings is 4. The van der Waals surface area contributed by atoms with E-state index in [1.165, 1.54) is 12.1 Å². The van der Waals surface area contributed by atoms with Crippen molar-refractivity contribution in [3.8, 4) is 22.9 Å². The van der Waals surface area contributed by atoms with Gasteiger partial charge in [-0.2, -0.15) is 0 Å². The maximum Gasteiger partial charge on any atom is 0.270 e. The van der Waals surface area contributed by atoms with Gasteiger partial charge in [-0.1, -0.05) is 41.4 Å². The molecular formula is C31H19Cl2N5O3. The van der Waals surface area contributed by atoms with Gasteiger partial charge in [-0.15, -0.1) is 10.2 Å². The summed E-state index contributed by atoms with van der Waals surface area (Å²) in [6.45, 7) is 0. The minimum Gasteiger partial charge on any atom is -0.416 e. The molecule has 3 aromatic heterocycles. The lowest BCUT2D eigenvalue weighted by molar-refractivity contribution is -0.384. The van der Waals surface area contributed by atoms with Crippen LogP contribution in [-0.2, 0) is 0 Å². The monoisotopic (exact) mass is 579 g/mol. The highest BCUT2D eigenvalue weighted by Crippen LogP contribution is 2.41. The molecule has 0 bridgehead atoms. The average molecular weight is 580 g/mol. The van der Waals surface area contributed by atoms with Crippen molar-refractivity contribution >= 4 is 50.7 Å². The Balaban J connectivity index is 1.31. The predicted octanol–water partition coefficient (Wildman–Crippen LogP) is 8.76. The molecule has 0 atom stereocenters. The third-order valence-corrected chi connectivity index (χ3v) is 7.66. The van der Waals surface area contributed by atoms with Crippen molar-refractivity contribution in [1.29, 1.82) is 0 Å². The van der Waals surface area contributed by atoms with Crippen molar-refractivity contribution < 1.29 is 9.34 Å². The van der Waals surface area contributed by atoms with E-state index in [0.717, 1.165) is 44.1 Å². The summed E-state index contributed by atoms with van der Waals surface area (Å²) in [7, 11) is 0. The SMILES string of the molecule is O=[N+]([O-])c1cccc(-c2nnc(-c3ccc(C(c4c[nH]c5ccc(Cl)cc45)c4c[nH]c5ccc(Cl)cc45)cc3)o2)c1. The molecular weight excluding hydrogens is 561 g/mol. The Morgan fingerprint density at radius 3 is 1.90 bits per heavy atom. The number of nitrogens with one attached hydrogen (secondary N) is 2. The Labute approximate surface area is 242 Å². The highest BCUT2D eigenvalue weighted by Gasteiger charge is 2.24. The van der Waals surface area contributed by atoms with Crippen molar-refractivity contribution in [3.63, 3.8) is 0 Å². The number of nitro benzene ring substituents is 1. The maximum absolute atomic E-state index is 11.2. The number of aromatic nitrogens is 4. The van der Waals surface area contributed by atoms with Gasteiger partial charge in [0, 0.05) is 73.4 Å². The first-order valence-electron chi connectivity index (χ1n) is 12.7. The van der Waals surface area contributed by atoms with Crippen LogP contribution < -0.4 is 0 Å². The number of hydrogen-bond donors (Lipinski definition) is 2. The summed E-state index contributed by atoms with van der Waals surface area (Å²) in [5.74, 6) is 0.371. The van der Waals surface area contributed by atoms with E-state index >= 15 is 0 Å². The van der Waals surface area contributed by atoms with Gasteiger partial charge in [0.05, 0.1) is 4.92 Å². The van der Waals surface area contributed by atoms with Crippen LogP contribution in [0.3, 0.4) is 0 Å². The Hall–Kier alpha value is -4.92. The molecule has 0 spiro atoms. The standard InChI is InChI=1S/C31H19Cl2N5O3/c32-20-8-10-27-23(13-20)25(15-34-27)29(26-16-35-28-11-9-21(33)14-24(26)28)17-4-6-18(7-5-17)30-36-37-31(41-30)19-2-1-3-22(12-19)38(39)40/h1-16,29,34-35H. The normalized spacial score (nSPS) is 11.6. The van der Waals surface area contributed by atoms with Gasteiger partial charge in [-0.05, 0) is 71.3 Å². The molecule has 0 aliphatic heterocycles. The molecule has 7 rings (SSSR count). The fourth-order valence-corrected chi connectivity index (χ4v) is 5.60. The van der Waals surface area contributed by atoms with Crippen LogP contribution in [0.15, 0.2) is 102 Å². The van der Waals surface area contributed by atoms with Crippen LogP contribution in [-0.4, -0.2) is 25.1 Å². The molecule has 10 heteroatoms. The van der Waals surface area contributed by atoms with Crippen LogP contribution in [0.4, 0.5) is 5.69 Å². The molecule has 200 valence electrons. The van der Waals surface area contributed by atoms with E-state index in [1.54, 1.807) is 12.1 Å². The number of non-ortho nitro benzene ring substituents is 1. The number of fused-ring (bicyclic) bond motifs is 2. The Kier molecular flexibility index (Phi) is 6.07. The van der Waals surface area contributed by atoms with Crippen molar-refractivity contribution in [2.75, 3.05) is 0 Å². The lowest BCUT2D eigenvalue weighted by Crippen LogP contribution is -2.02. The van der Waals surface area contributed by atoms with Crippen molar-refractivity contribution in [2.45, 2.75) is 5.92 Å². The average Bonchev–Trinajstić information content (AvgIpc) is 3.73. The quantitative estimate of drug-likeness (QED) is 0.151. The van der Waals surface area contributed by atoms with Gasteiger partial charge in [0.15, 0.2) is 0 Å². The van der Waals surface area contributed by atoms with Gasteiger partial charge in [0.1, 0.15) is 0 Å². The number of H-pyrrole nitrogens is 2. The lowest BCUT2D eigenvalue weighted by Gasteiger charge is -2.18. The molecule has 0 saturated carbocycles. The molecule has 0 aliphatic rings. The first-order chi connectivity index (χ1) is 19.9. The molecule has 0 amide bonds. The minimum atomic E-state index is -0.459. The van der Waals surface area contributed by atoms with E-state index in [1.807, 2.05) is 73.1 Å². The molecule has 4 aromatic carbocycles. The summed E-state index contributed by atoms with van der Waals surface area (Å²) in [6.07, 6.45) is 4.04. The zero-order valence-corrected chi connectivity index (χ0v) is 22.6. The second-order valence-corrected chi connectivity index (χ2v) is 10.5. The highest BCUT2D eigenvalue weighted by atomic mass is 35.5. The van der Waals surface area contributed by atoms with E-state index < -0.39 is 4.92 Å². The summed E-state index contributed by atoms with van der Waals surface area (Å²) in [5, 5.41) is 22.8. The molecule has 2 N–H and O–H groups in total. The van der Waals surface area contributed by atoms with Crippen LogP contribution in [0.1, 0.15) is 22.6 Å². The molecule has 0 unspecified atom stereocenters. The van der Waals surface area contributed by atoms with Crippen molar-refractivity contribution in [3.05, 3.63) is 134 Å². The molecule has 3 heterocycles. The van der Waals surface area contributed by atoms with Crippen LogP contribution in [0, 0.1) is 10.1 Å². The summed E-state index contributed by atoms with van der Waals surface area (Å²) in [6, 6.07) is 25.6. The van der Waals surface area contributed by atoms with Gasteiger partial charge < -0.3 is 14.4 Å². The molecule has 0 fully saturated rings. The van der Waals surface area contributed by atoms with Gasteiger partial charge in [0.2, 0.25) is 11.8 Å². The van der Waals surface area contributed by atoms with E-state index in [9.17, 15) is 10.1 Å². The van der Waals surface area contributed by atoms with Crippen LogP contribution >= 0.6 is 23.2 Å². The number of rotatable bonds is 6. The van der Waals surface area contributed by atoms with E-state index in [-0.39, 0.29) is 17.5 Å². The van der Waals surface area contributed by atoms with E-state index in [4.69, 9.17) is 27.6 Å². The first kappa shape index (κ1) is 25.1. The third kappa shape index (κ3) is 4.53.